The predicted molar refractivity (Wildman–Crippen MR) is 54.1 cm³/mol. The number of carboxylic acids is 1. The zero-order valence-electron chi connectivity index (χ0n) is 8.56. The average molecular weight is 211 g/mol. The summed E-state index contributed by atoms with van der Waals surface area (Å²) in [6.45, 7) is 0. The lowest BCUT2D eigenvalue weighted by molar-refractivity contribution is -0.138. The van der Waals surface area contributed by atoms with Crippen LogP contribution >= 0.6 is 0 Å². The van der Waals surface area contributed by atoms with Crippen molar-refractivity contribution in [2.75, 3.05) is 14.2 Å². The van der Waals surface area contributed by atoms with Crippen LogP contribution in [0, 0.1) is 0 Å². The van der Waals surface area contributed by atoms with Crippen molar-refractivity contribution in [1.29, 1.82) is 0 Å². The van der Waals surface area contributed by atoms with Gasteiger partial charge in [-0.2, -0.15) is 0 Å². The van der Waals surface area contributed by atoms with E-state index >= 15 is 0 Å². The highest BCUT2D eigenvalue weighted by Crippen LogP contribution is 2.29. The zero-order chi connectivity index (χ0) is 11.4. The van der Waals surface area contributed by atoms with E-state index in [9.17, 15) is 4.79 Å². The minimum absolute atomic E-state index is 0.465. The van der Waals surface area contributed by atoms with Crippen LogP contribution in [0.15, 0.2) is 18.2 Å². The smallest absolute Gasteiger partial charge is 0.325 e. The molecular formula is C10H13NO4. The molecule has 5 nitrogen and oxygen atoms in total. The summed E-state index contributed by atoms with van der Waals surface area (Å²) in [4.78, 5) is 10.7. The number of hydrogen-bond acceptors (Lipinski definition) is 4. The van der Waals surface area contributed by atoms with Gasteiger partial charge in [-0.05, 0) is 17.7 Å². The van der Waals surface area contributed by atoms with Crippen molar-refractivity contribution in [2.45, 2.75) is 6.04 Å². The number of ether oxygens (including phenoxy) is 2. The molecule has 0 spiro atoms. The van der Waals surface area contributed by atoms with E-state index in [1.807, 2.05) is 0 Å². The number of rotatable bonds is 4. The summed E-state index contributed by atoms with van der Waals surface area (Å²) in [5.74, 6) is -0.0761. The molecule has 0 bridgehead atoms. The molecule has 0 aliphatic carbocycles. The Bertz CT molecular complexity index is 364. The highest BCUT2D eigenvalue weighted by atomic mass is 16.5. The fourth-order valence-corrected chi connectivity index (χ4v) is 1.19. The molecule has 5 heteroatoms. The quantitative estimate of drug-likeness (QED) is 0.769. The Morgan fingerprint density at radius 3 is 2.40 bits per heavy atom. The lowest BCUT2D eigenvalue weighted by Gasteiger charge is -2.11. The second kappa shape index (κ2) is 4.65. The van der Waals surface area contributed by atoms with E-state index in [0.717, 1.165) is 0 Å². The van der Waals surface area contributed by atoms with Crippen molar-refractivity contribution in [3.63, 3.8) is 0 Å². The number of aliphatic carboxylic acids is 1. The first-order valence-electron chi connectivity index (χ1n) is 4.30. The molecule has 1 aromatic rings. The molecule has 0 aliphatic heterocycles. The van der Waals surface area contributed by atoms with Crippen molar-refractivity contribution >= 4 is 5.97 Å². The van der Waals surface area contributed by atoms with Crippen LogP contribution in [0.5, 0.6) is 11.5 Å². The Morgan fingerprint density at radius 2 is 1.93 bits per heavy atom. The molecule has 0 aliphatic rings. The van der Waals surface area contributed by atoms with Crippen molar-refractivity contribution in [3.8, 4) is 11.5 Å². The molecule has 0 saturated heterocycles. The van der Waals surface area contributed by atoms with Crippen molar-refractivity contribution in [3.05, 3.63) is 23.8 Å². The molecule has 82 valence electrons. The number of hydrogen-bond donors (Lipinski definition) is 2. The third kappa shape index (κ3) is 2.38. The van der Waals surface area contributed by atoms with Gasteiger partial charge in [0.1, 0.15) is 6.04 Å². The van der Waals surface area contributed by atoms with Gasteiger partial charge in [0, 0.05) is 0 Å². The summed E-state index contributed by atoms with van der Waals surface area (Å²) in [5, 5.41) is 8.73. The maximum Gasteiger partial charge on any atom is 0.325 e. The van der Waals surface area contributed by atoms with Crippen LogP contribution in [0.4, 0.5) is 0 Å². The highest BCUT2D eigenvalue weighted by Gasteiger charge is 2.16. The largest absolute Gasteiger partial charge is 0.493 e. The van der Waals surface area contributed by atoms with E-state index in [-0.39, 0.29) is 0 Å². The Balaban J connectivity index is 3.07. The predicted octanol–water partition coefficient (Wildman–Crippen LogP) is 0.788. The van der Waals surface area contributed by atoms with E-state index in [0.29, 0.717) is 17.1 Å². The maximum atomic E-state index is 10.7. The molecule has 0 aromatic heterocycles. The summed E-state index contributed by atoms with van der Waals surface area (Å²) in [7, 11) is 2.99. The molecule has 1 unspecified atom stereocenters. The average Bonchev–Trinajstić information content (AvgIpc) is 2.26. The first-order valence-corrected chi connectivity index (χ1v) is 4.30. The Kier molecular flexibility index (Phi) is 3.51. The van der Waals surface area contributed by atoms with E-state index in [4.69, 9.17) is 20.3 Å². The zero-order valence-corrected chi connectivity index (χ0v) is 8.56. The van der Waals surface area contributed by atoms with Crippen molar-refractivity contribution in [1.82, 2.24) is 0 Å². The monoisotopic (exact) mass is 211 g/mol. The van der Waals surface area contributed by atoms with Gasteiger partial charge in [-0.1, -0.05) is 6.07 Å². The van der Waals surface area contributed by atoms with Crippen LogP contribution in [0.2, 0.25) is 0 Å². The summed E-state index contributed by atoms with van der Waals surface area (Å²) < 4.78 is 10.1. The fourth-order valence-electron chi connectivity index (χ4n) is 1.19. The van der Waals surface area contributed by atoms with Gasteiger partial charge in [0.15, 0.2) is 11.5 Å². The van der Waals surface area contributed by atoms with E-state index in [2.05, 4.69) is 0 Å². The third-order valence-corrected chi connectivity index (χ3v) is 2.03. The summed E-state index contributed by atoms with van der Waals surface area (Å²) in [6.07, 6.45) is 0. The molecule has 0 radical (unpaired) electrons. The van der Waals surface area contributed by atoms with Gasteiger partial charge in [0.05, 0.1) is 14.2 Å². The van der Waals surface area contributed by atoms with Gasteiger partial charge in [0.2, 0.25) is 0 Å². The molecule has 1 rings (SSSR count). The SMILES string of the molecule is COc1ccc(C(N)C(=O)O)cc1OC. The van der Waals surface area contributed by atoms with Crippen molar-refractivity contribution < 1.29 is 19.4 Å². The standard InChI is InChI=1S/C10H13NO4/c1-14-7-4-3-6(5-8(7)15-2)9(11)10(12)13/h3-5,9H,11H2,1-2H3,(H,12,13). The van der Waals surface area contributed by atoms with Crippen molar-refractivity contribution in [2.24, 2.45) is 5.73 Å². The van der Waals surface area contributed by atoms with Crippen LogP contribution in [0.1, 0.15) is 11.6 Å². The third-order valence-electron chi connectivity index (χ3n) is 2.03. The topological polar surface area (TPSA) is 81.8 Å². The molecular weight excluding hydrogens is 198 g/mol. The summed E-state index contributed by atoms with van der Waals surface area (Å²) >= 11 is 0. The first-order chi connectivity index (χ1) is 7.10. The van der Waals surface area contributed by atoms with E-state index < -0.39 is 12.0 Å². The van der Waals surface area contributed by atoms with Crippen LogP contribution in [-0.2, 0) is 4.79 Å². The lowest BCUT2D eigenvalue weighted by Crippen LogP contribution is -2.20. The molecule has 15 heavy (non-hydrogen) atoms. The number of nitrogens with two attached hydrogens (primary N) is 1. The molecule has 3 N–H and O–H groups in total. The number of carboxylic acid groups (broad SMARTS) is 1. The first kappa shape index (κ1) is 11.3. The molecule has 0 heterocycles. The molecule has 1 aromatic carbocycles. The second-order valence-corrected chi connectivity index (χ2v) is 2.93. The van der Waals surface area contributed by atoms with Gasteiger partial charge in [0.25, 0.3) is 0 Å². The van der Waals surface area contributed by atoms with Crippen LogP contribution in [0.25, 0.3) is 0 Å². The second-order valence-electron chi connectivity index (χ2n) is 2.93. The summed E-state index contributed by atoms with van der Waals surface area (Å²) in [6, 6.07) is 3.72. The maximum absolute atomic E-state index is 10.7. The van der Waals surface area contributed by atoms with Gasteiger partial charge < -0.3 is 20.3 Å². The van der Waals surface area contributed by atoms with Gasteiger partial charge in [-0.3, -0.25) is 4.79 Å². The molecule has 0 fully saturated rings. The number of methoxy groups -OCH3 is 2. The summed E-state index contributed by atoms with van der Waals surface area (Å²) in [5.41, 5.74) is 5.93. The lowest BCUT2D eigenvalue weighted by atomic mass is 10.1. The molecule has 0 saturated carbocycles. The fraction of sp³-hybridized carbons (Fsp3) is 0.300. The Hall–Kier alpha value is -1.75. The molecule has 0 amide bonds. The van der Waals surface area contributed by atoms with E-state index in [1.165, 1.54) is 14.2 Å². The minimum atomic E-state index is -1.08. The number of carbonyl (C=O) groups is 1. The minimum Gasteiger partial charge on any atom is -0.493 e. The van der Waals surface area contributed by atoms with Crippen LogP contribution in [0.3, 0.4) is 0 Å². The van der Waals surface area contributed by atoms with Crippen LogP contribution in [-0.4, -0.2) is 25.3 Å². The Labute approximate surface area is 87.4 Å². The van der Waals surface area contributed by atoms with Crippen LogP contribution < -0.4 is 15.2 Å². The molecule has 1 atom stereocenters. The van der Waals surface area contributed by atoms with E-state index in [1.54, 1.807) is 18.2 Å². The number of benzene rings is 1. The normalized spacial score (nSPS) is 11.9. The van der Waals surface area contributed by atoms with Gasteiger partial charge >= 0.3 is 5.97 Å². The Morgan fingerprint density at radius 1 is 1.33 bits per heavy atom. The highest BCUT2D eigenvalue weighted by molar-refractivity contribution is 5.75. The van der Waals surface area contributed by atoms with Gasteiger partial charge in [-0.15, -0.1) is 0 Å². The van der Waals surface area contributed by atoms with Gasteiger partial charge in [-0.25, -0.2) is 0 Å².